The number of hydrogen-bond acceptors (Lipinski definition) is 11. The number of nitrogens with one attached hydrogen (secondary N) is 4. The van der Waals surface area contributed by atoms with Gasteiger partial charge in [-0.1, -0.05) is 44.7 Å². The smallest absolute Gasteiger partial charge is 0.336 e. The number of nitrogens with zero attached hydrogens (tertiary/aromatic N) is 1. The first kappa shape index (κ1) is 47.6. The third kappa shape index (κ3) is 13.0. The molecule has 2 aliphatic rings. The summed E-state index contributed by atoms with van der Waals surface area (Å²) in [6, 6.07) is 5.23. The van der Waals surface area contributed by atoms with Gasteiger partial charge in [0.05, 0.1) is 49.6 Å². The lowest BCUT2D eigenvalue weighted by Gasteiger charge is -2.35. The Balaban J connectivity index is 1.52. The van der Waals surface area contributed by atoms with Crippen LogP contribution in [-0.2, 0) is 33.5 Å². The van der Waals surface area contributed by atoms with Crippen LogP contribution in [0.5, 0.6) is 11.5 Å². The zero-order chi connectivity index (χ0) is 45.0. The number of amides is 6. The summed E-state index contributed by atoms with van der Waals surface area (Å²) >= 11 is 0. The van der Waals surface area contributed by atoms with Crippen LogP contribution < -0.4 is 36.5 Å². The van der Waals surface area contributed by atoms with Gasteiger partial charge in [0.15, 0.2) is 0 Å². The minimum absolute atomic E-state index is 0.0180. The molecule has 0 bridgehead atoms. The average molecular weight is 851 g/mol. The molecule has 0 aromatic heterocycles. The second-order valence-corrected chi connectivity index (χ2v) is 16.2. The molecule has 7 N–H and O–H groups in total. The molecule has 2 aromatic carbocycles. The number of carboxylic acid groups (broad SMARTS) is 1. The van der Waals surface area contributed by atoms with Crippen molar-refractivity contribution in [1.29, 1.82) is 0 Å². The van der Waals surface area contributed by atoms with Crippen molar-refractivity contribution in [3.63, 3.8) is 0 Å². The molecule has 61 heavy (non-hydrogen) atoms. The molecular formula is C43H58N6O12. The normalized spacial score (nSPS) is 18.2. The molecule has 1 saturated carbocycles. The van der Waals surface area contributed by atoms with Gasteiger partial charge in [-0.25, -0.2) is 4.79 Å². The van der Waals surface area contributed by atoms with Gasteiger partial charge in [-0.3, -0.25) is 33.6 Å². The molecular weight excluding hydrogens is 793 g/mol. The van der Waals surface area contributed by atoms with Crippen LogP contribution in [0.25, 0.3) is 0 Å². The van der Waals surface area contributed by atoms with Gasteiger partial charge < -0.3 is 51.2 Å². The Hall–Kier alpha value is -6.04. The standard InChI is InChI=1S/C43H58N6O12/c1-7-13-31(36(51)40(55)45-22-33(50)47-34(37(44)52)25-18-26(59-5)20-27(19-25)60-6)46-39(54)32-21-28(61-43(2,3)4)23-49(32)41(56)35(24-14-9-8-10-15-24)48-38(53)29-16-11-12-17-30(29)42(57)58/h11-12,16-20,24,28,31-32,34-35H,7-10,13-15,21-23H2,1-6H3,(H2,44,52)(H,45,55)(H,46,54)(H,47,50)(H,48,53)(H,57,58)/t28-,31?,32+,34?,35+/m1/s1. The number of aromatic carboxylic acids is 1. The maximum Gasteiger partial charge on any atom is 0.336 e. The predicted molar refractivity (Wildman–Crippen MR) is 220 cm³/mol. The minimum Gasteiger partial charge on any atom is -0.497 e. The fourth-order valence-electron chi connectivity index (χ4n) is 7.75. The maximum absolute atomic E-state index is 14.7. The molecule has 4 rings (SSSR count). The van der Waals surface area contributed by atoms with E-state index < -0.39 is 89.6 Å². The number of primary amides is 1. The summed E-state index contributed by atoms with van der Waals surface area (Å²) in [6.45, 7) is 6.50. The summed E-state index contributed by atoms with van der Waals surface area (Å²) in [7, 11) is 2.81. The molecule has 18 nitrogen and oxygen atoms in total. The van der Waals surface area contributed by atoms with Gasteiger partial charge in [-0.2, -0.15) is 0 Å². The van der Waals surface area contributed by atoms with Gasteiger partial charge >= 0.3 is 5.97 Å². The Kier molecular flexibility index (Phi) is 16.8. The van der Waals surface area contributed by atoms with Crippen molar-refractivity contribution in [2.75, 3.05) is 27.3 Å². The highest BCUT2D eigenvalue weighted by atomic mass is 16.5. The van der Waals surface area contributed by atoms with Crippen molar-refractivity contribution >= 4 is 47.2 Å². The van der Waals surface area contributed by atoms with Crippen molar-refractivity contribution < 1.29 is 57.7 Å². The van der Waals surface area contributed by atoms with Crippen LogP contribution in [0.15, 0.2) is 42.5 Å². The molecule has 1 aliphatic heterocycles. The fraction of sp³-hybridized carbons (Fsp3) is 0.535. The molecule has 18 heteroatoms. The Morgan fingerprint density at radius 2 is 1.51 bits per heavy atom. The maximum atomic E-state index is 14.7. The summed E-state index contributed by atoms with van der Waals surface area (Å²) in [4.78, 5) is 108. The number of carboxylic acids is 1. The summed E-state index contributed by atoms with van der Waals surface area (Å²) in [5, 5.41) is 19.9. The largest absolute Gasteiger partial charge is 0.497 e. The number of carbonyl (C=O) groups excluding carboxylic acids is 7. The number of rotatable bonds is 19. The highest BCUT2D eigenvalue weighted by Crippen LogP contribution is 2.32. The van der Waals surface area contributed by atoms with Crippen LogP contribution in [0.4, 0.5) is 0 Å². The highest BCUT2D eigenvalue weighted by molar-refractivity contribution is 6.38. The number of ether oxygens (including phenoxy) is 3. The van der Waals surface area contributed by atoms with Crippen LogP contribution in [0.1, 0.15) is 111 Å². The number of ketones is 1. The number of hydrogen-bond donors (Lipinski definition) is 6. The summed E-state index contributed by atoms with van der Waals surface area (Å²) in [6.07, 6.45) is 3.63. The fourth-order valence-corrected chi connectivity index (χ4v) is 7.75. The molecule has 1 heterocycles. The molecule has 5 atom stereocenters. The first-order valence-corrected chi connectivity index (χ1v) is 20.4. The topological polar surface area (TPSA) is 262 Å². The van der Waals surface area contributed by atoms with Crippen molar-refractivity contribution in [2.45, 2.75) is 115 Å². The van der Waals surface area contributed by atoms with E-state index in [1.165, 1.54) is 55.5 Å². The van der Waals surface area contributed by atoms with Crippen molar-refractivity contribution in [3.05, 3.63) is 59.2 Å². The SMILES string of the molecule is CCCC(NC(=O)[C@@H]1C[C@@H](OC(C)(C)C)CN1C(=O)[C@@H](NC(=O)c1ccccc1C(=O)O)C1CCCCC1)C(=O)C(=O)NCC(=O)NC(C(N)=O)c1cc(OC)cc(OC)c1. The van der Waals surface area contributed by atoms with E-state index in [9.17, 15) is 43.5 Å². The molecule has 1 saturated heterocycles. The summed E-state index contributed by atoms with van der Waals surface area (Å²) in [5.41, 5.74) is 4.81. The lowest BCUT2D eigenvalue weighted by molar-refractivity contribution is -0.143. The second-order valence-electron chi connectivity index (χ2n) is 16.2. The molecule has 2 unspecified atom stereocenters. The summed E-state index contributed by atoms with van der Waals surface area (Å²) < 4.78 is 16.7. The van der Waals surface area contributed by atoms with E-state index >= 15 is 0 Å². The van der Waals surface area contributed by atoms with Crippen LogP contribution in [0, 0.1) is 5.92 Å². The molecule has 2 aromatic rings. The predicted octanol–water partition coefficient (Wildman–Crippen LogP) is 2.18. The van der Waals surface area contributed by atoms with E-state index in [0.717, 1.165) is 19.3 Å². The number of benzene rings is 2. The van der Waals surface area contributed by atoms with Gasteiger partial charge in [0, 0.05) is 19.0 Å². The van der Waals surface area contributed by atoms with Crippen LogP contribution >= 0.6 is 0 Å². The molecule has 6 amide bonds. The Morgan fingerprint density at radius 3 is 2.07 bits per heavy atom. The van der Waals surface area contributed by atoms with Gasteiger partial charge in [0.2, 0.25) is 29.4 Å². The first-order chi connectivity index (χ1) is 28.9. The molecule has 2 fully saturated rings. The van der Waals surface area contributed by atoms with E-state index in [2.05, 4.69) is 21.3 Å². The molecule has 1 aliphatic carbocycles. The Bertz CT molecular complexity index is 1940. The number of carbonyl (C=O) groups is 8. The summed E-state index contributed by atoms with van der Waals surface area (Å²) in [5.74, 6) is -6.97. The number of Topliss-reactive ketones (excluding diaryl/α,β-unsaturated/α-hetero) is 1. The van der Waals surface area contributed by atoms with Crippen LogP contribution in [0.3, 0.4) is 0 Å². The highest BCUT2D eigenvalue weighted by Gasteiger charge is 2.46. The van der Waals surface area contributed by atoms with E-state index in [1.54, 1.807) is 13.0 Å². The van der Waals surface area contributed by atoms with Gasteiger partial charge in [-0.05, 0) is 75.8 Å². The Labute approximate surface area is 355 Å². The molecule has 0 radical (unpaired) electrons. The monoisotopic (exact) mass is 850 g/mol. The van der Waals surface area contributed by atoms with E-state index in [-0.39, 0.29) is 42.0 Å². The van der Waals surface area contributed by atoms with Gasteiger partial charge in [0.25, 0.3) is 11.8 Å². The quantitative estimate of drug-likeness (QED) is 0.111. The lowest BCUT2D eigenvalue weighted by Crippen LogP contribution is -2.58. The molecule has 0 spiro atoms. The van der Waals surface area contributed by atoms with Crippen molar-refractivity contribution in [2.24, 2.45) is 11.7 Å². The number of methoxy groups -OCH3 is 2. The van der Waals surface area contributed by atoms with Gasteiger partial charge in [0.1, 0.15) is 29.6 Å². The number of nitrogens with two attached hydrogens (primary N) is 1. The van der Waals surface area contributed by atoms with E-state index in [1.807, 2.05) is 20.8 Å². The van der Waals surface area contributed by atoms with E-state index in [0.29, 0.717) is 30.8 Å². The van der Waals surface area contributed by atoms with Crippen molar-refractivity contribution in [3.8, 4) is 11.5 Å². The van der Waals surface area contributed by atoms with E-state index in [4.69, 9.17) is 19.9 Å². The second kappa shape index (κ2) is 21.5. The zero-order valence-corrected chi connectivity index (χ0v) is 35.5. The van der Waals surface area contributed by atoms with Gasteiger partial charge in [-0.15, -0.1) is 0 Å². The zero-order valence-electron chi connectivity index (χ0n) is 35.5. The molecule has 332 valence electrons. The van der Waals surface area contributed by atoms with Crippen LogP contribution in [-0.4, -0.2) is 114 Å². The van der Waals surface area contributed by atoms with Crippen LogP contribution in [0.2, 0.25) is 0 Å². The first-order valence-electron chi connectivity index (χ1n) is 20.4. The third-order valence-electron chi connectivity index (χ3n) is 10.6. The average Bonchev–Trinajstić information content (AvgIpc) is 3.65. The number of likely N-dealkylation sites (tertiary alicyclic amines) is 1. The third-order valence-corrected chi connectivity index (χ3v) is 10.6. The van der Waals surface area contributed by atoms with Crippen molar-refractivity contribution in [1.82, 2.24) is 26.2 Å². The lowest BCUT2D eigenvalue weighted by atomic mass is 9.83. The Morgan fingerprint density at radius 1 is 0.885 bits per heavy atom. The minimum atomic E-state index is -1.34.